The second-order valence-corrected chi connectivity index (χ2v) is 4.17. The second-order valence-electron chi connectivity index (χ2n) is 4.17. The number of furan rings is 1. The maximum absolute atomic E-state index is 11.8. The summed E-state index contributed by atoms with van der Waals surface area (Å²) in [7, 11) is 0. The molecule has 21 heavy (non-hydrogen) atoms. The molecule has 0 saturated heterocycles. The zero-order valence-electron chi connectivity index (χ0n) is 11.2. The van der Waals surface area contributed by atoms with Gasteiger partial charge in [0, 0.05) is 18.9 Å². The van der Waals surface area contributed by atoms with Crippen molar-refractivity contribution >= 4 is 11.9 Å². The van der Waals surface area contributed by atoms with Crippen LogP contribution in [0.15, 0.2) is 35.0 Å². The molecule has 0 aliphatic heterocycles. The molecular formula is C13H15N3O5. The standard InChI is InChI=1S/C13H15N3O5/c17-12(18)9-20-7-5-14-13(19)11-3-2-10(21-11)8-16-6-1-4-15-16/h1-4,6H,5,7-9H2,(H,14,19)(H,17,18). The number of aliphatic carboxylic acids is 1. The van der Waals surface area contributed by atoms with Gasteiger partial charge >= 0.3 is 5.97 Å². The highest BCUT2D eigenvalue weighted by Crippen LogP contribution is 2.09. The molecular weight excluding hydrogens is 278 g/mol. The molecule has 112 valence electrons. The van der Waals surface area contributed by atoms with E-state index in [4.69, 9.17) is 14.3 Å². The minimum absolute atomic E-state index is 0.124. The number of aromatic nitrogens is 2. The van der Waals surface area contributed by atoms with Gasteiger partial charge in [0.2, 0.25) is 0 Å². The van der Waals surface area contributed by atoms with Crippen molar-refractivity contribution in [2.75, 3.05) is 19.8 Å². The maximum Gasteiger partial charge on any atom is 0.329 e. The van der Waals surface area contributed by atoms with Gasteiger partial charge in [0.15, 0.2) is 5.76 Å². The Morgan fingerprint density at radius 3 is 3.00 bits per heavy atom. The molecule has 0 unspecified atom stereocenters. The molecule has 1 amide bonds. The lowest BCUT2D eigenvalue weighted by Gasteiger charge is -2.03. The number of rotatable bonds is 8. The van der Waals surface area contributed by atoms with Gasteiger partial charge < -0.3 is 19.6 Å². The van der Waals surface area contributed by atoms with Gasteiger partial charge in [-0.05, 0) is 18.2 Å². The molecule has 0 aromatic carbocycles. The van der Waals surface area contributed by atoms with Gasteiger partial charge in [-0.25, -0.2) is 4.79 Å². The Balaban J connectivity index is 1.75. The Morgan fingerprint density at radius 1 is 1.43 bits per heavy atom. The molecule has 8 nitrogen and oxygen atoms in total. The molecule has 8 heteroatoms. The largest absolute Gasteiger partial charge is 0.480 e. The summed E-state index contributed by atoms with van der Waals surface area (Å²) in [6.45, 7) is 0.396. The van der Waals surface area contributed by atoms with E-state index in [1.54, 1.807) is 35.3 Å². The van der Waals surface area contributed by atoms with E-state index in [1.807, 2.05) is 0 Å². The van der Waals surface area contributed by atoms with Gasteiger partial charge in [-0.15, -0.1) is 0 Å². The van der Waals surface area contributed by atoms with E-state index in [9.17, 15) is 9.59 Å². The predicted octanol–water partition coefficient (Wildman–Crippen LogP) is 0.355. The van der Waals surface area contributed by atoms with E-state index in [0.717, 1.165) is 0 Å². The molecule has 0 bridgehead atoms. The number of ether oxygens (including phenoxy) is 1. The Labute approximate surface area is 120 Å². The molecule has 0 aliphatic rings. The smallest absolute Gasteiger partial charge is 0.329 e. The summed E-state index contributed by atoms with van der Waals surface area (Å²) in [6, 6.07) is 5.08. The molecule has 2 aromatic heterocycles. The fourth-order valence-corrected chi connectivity index (χ4v) is 1.62. The van der Waals surface area contributed by atoms with Crippen molar-refractivity contribution in [1.82, 2.24) is 15.1 Å². The third-order valence-corrected chi connectivity index (χ3v) is 2.52. The predicted molar refractivity (Wildman–Crippen MR) is 70.8 cm³/mol. The summed E-state index contributed by atoms with van der Waals surface area (Å²) in [5, 5.41) is 15.0. The minimum Gasteiger partial charge on any atom is -0.480 e. The van der Waals surface area contributed by atoms with E-state index in [-0.39, 0.29) is 31.4 Å². The van der Waals surface area contributed by atoms with Gasteiger partial charge in [0.25, 0.3) is 5.91 Å². The molecule has 0 fully saturated rings. The molecule has 2 rings (SSSR count). The van der Waals surface area contributed by atoms with Crippen LogP contribution in [-0.2, 0) is 16.1 Å². The normalized spacial score (nSPS) is 10.5. The average molecular weight is 293 g/mol. The first-order valence-corrected chi connectivity index (χ1v) is 6.29. The summed E-state index contributed by atoms with van der Waals surface area (Å²) in [4.78, 5) is 22.0. The van der Waals surface area contributed by atoms with Crippen molar-refractivity contribution in [2.45, 2.75) is 6.54 Å². The number of nitrogens with one attached hydrogen (secondary N) is 1. The zero-order chi connectivity index (χ0) is 15.1. The number of hydrogen-bond acceptors (Lipinski definition) is 5. The highest BCUT2D eigenvalue weighted by atomic mass is 16.5. The van der Waals surface area contributed by atoms with Crippen molar-refractivity contribution < 1.29 is 23.8 Å². The highest BCUT2D eigenvalue weighted by Gasteiger charge is 2.11. The molecule has 0 saturated carbocycles. The molecule has 2 N–H and O–H groups in total. The van der Waals surface area contributed by atoms with Crippen LogP contribution in [0.2, 0.25) is 0 Å². The first-order valence-electron chi connectivity index (χ1n) is 6.29. The number of carboxylic acids is 1. The van der Waals surface area contributed by atoms with Gasteiger partial charge in [0.05, 0.1) is 13.2 Å². The summed E-state index contributed by atoms with van der Waals surface area (Å²) in [5.74, 6) is -0.613. The van der Waals surface area contributed by atoms with Crippen LogP contribution >= 0.6 is 0 Å². The summed E-state index contributed by atoms with van der Waals surface area (Å²) >= 11 is 0. The fraction of sp³-hybridized carbons (Fsp3) is 0.308. The summed E-state index contributed by atoms with van der Waals surface area (Å²) < 4.78 is 11.9. The summed E-state index contributed by atoms with van der Waals surface area (Å²) in [6.07, 6.45) is 3.45. The number of carboxylic acid groups (broad SMARTS) is 1. The number of carbonyl (C=O) groups excluding carboxylic acids is 1. The molecule has 2 heterocycles. The van der Waals surface area contributed by atoms with Crippen LogP contribution in [0.1, 0.15) is 16.3 Å². The van der Waals surface area contributed by atoms with Gasteiger partial charge in [-0.2, -0.15) is 5.10 Å². The Bertz CT molecular complexity index is 591. The maximum atomic E-state index is 11.8. The lowest BCUT2D eigenvalue weighted by atomic mass is 10.4. The van der Waals surface area contributed by atoms with Crippen LogP contribution in [-0.4, -0.2) is 46.5 Å². The van der Waals surface area contributed by atoms with E-state index in [2.05, 4.69) is 10.4 Å². The van der Waals surface area contributed by atoms with Crippen LogP contribution in [0, 0.1) is 0 Å². The number of hydrogen-bond donors (Lipinski definition) is 2. The third kappa shape index (κ3) is 4.77. The van der Waals surface area contributed by atoms with Crippen molar-refractivity contribution in [3.8, 4) is 0 Å². The molecule has 0 atom stereocenters. The van der Waals surface area contributed by atoms with Gasteiger partial charge in [-0.1, -0.05) is 0 Å². The van der Waals surface area contributed by atoms with Crippen molar-refractivity contribution in [2.24, 2.45) is 0 Å². The molecule has 2 aromatic rings. The van der Waals surface area contributed by atoms with E-state index < -0.39 is 5.97 Å². The topological polar surface area (TPSA) is 107 Å². The Morgan fingerprint density at radius 2 is 2.29 bits per heavy atom. The van der Waals surface area contributed by atoms with E-state index in [1.165, 1.54) is 0 Å². The fourth-order valence-electron chi connectivity index (χ4n) is 1.62. The van der Waals surface area contributed by atoms with Gasteiger partial charge in [-0.3, -0.25) is 9.48 Å². The van der Waals surface area contributed by atoms with Crippen LogP contribution in [0.4, 0.5) is 0 Å². The first kappa shape index (κ1) is 14.8. The number of carbonyl (C=O) groups is 2. The SMILES string of the molecule is O=C(O)COCCNC(=O)c1ccc(Cn2cccn2)o1. The highest BCUT2D eigenvalue weighted by molar-refractivity contribution is 5.91. The van der Waals surface area contributed by atoms with Crippen molar-refractivity contribution in [1.29, 1.82) is 0 Å². The molecule has 0 spiro atoms. The summed E-state index contributed by atoms with van der Waals surface area (Å²) in [5.41, 5.74) is 0. The van der Waals surface area contributed by atoms with E-state index >= 15 is 0 Å². The van der Waals surface area contributed by atoms with Crippen molar-refractivity contribution in [3.05, 3.63) is 42.1 Å². The number of nitrogens with zero attached hydrogens (tertiary/aromatic N) is 2. The quantitative estimate of drug-likeness (QED) is 0.680. The number of amides is 1. The van der Waals surface area contributed by atoms with Gasteiger partial charge in [0.1, 0.15) is 12.4 Å². The second kappa shape index (κ2) is 7.25. The van der Waals surface area contributed by atoms with E-state index in [0.29, 0.717) is 12.3 Å². The van der Waals surface area contributed by atoms with Crippen LogP contribution in [0.25, 0.3) is 0 Å². The first-order chi connectivity index (χ1) is 10.1. The zero-order valence-corrected chi connectivity index (χ0v) is 11.2. The Hall–Kier alpha value is -2.61. The third-order valence-electron chi connectivity index (χ3n) is 2.52. The lowest BCUT2D eigenvalue weighted by Crippen LogP contribution is -2.27. The van der Waals surface area contributed by atoms with Crippen LogP contribution < -0.4 is 5.32 Å². The van der Waals surface area contributed by atoms with Crippen LogP contribution in [0.5, 0.6) is 0 Å². The van der Waals surface area contributed by atoms with Crippen LogP contribution in [0.3, 0.4) is 0 Å². The monoisotopic (exact) mass is 293 g/mol. The molecule has 0 radical (unpaired) electrons. The van der Waals surface area contributed by atoms with Crippen molar-refractivity contribution in [3.63, 3.8) is 0 Å². The Kier molecular flexibility index (Phi) is 5.10. The minimum atomic E-state index is -1.05. The average Bonchev–Trinajstić information content (AvgIpc) is 3.10. The molecule has 0 aliphatic carbocycles. The lowest BCUT2D eigenvalue weighted by molar-refractivity contribution is -0.142.